The standard InChI is InChI=1S/C18H27N3O4S/c1-15-7-6-10-19(14-15)17-9-8-16(13-18(17)21(22)23)26(24,25)20-11-4-2-3-5-12-20/h8-9,13,15H,2-7,10-12,14H2,1H3. The highest BCUT2D eigenvalue weighted by atomic mass is 32.2. The summed E-state index contributed by atoms with van der Waals surface area (Å²) in [5.41, 5.74) is 0.409. The first-order valence-corrected chi connectivity index (χ1v) is 10.9. The summed E-state index contributed by atoms with van der Waals surface area (Å²) in [5, 5.41) is 11.6. The van der Waals surface area contributed by atoms with Gasteiger partial charge in [-0.05, 0) is 43.7 Å². The van der Waals surface area contributed by atoms with E-state index in [-0.39, 0.29) is 10.6 Å². The molecule has 2 saturated heterocycles. The number of nitrogens with zero attached hydrogens (tertiary/aromatic N) is 3. The van der Waals surface area contributed by atoms with Crippen LogP contribution in [0.4, 0.5) is 11.4 Å². The molecule has 26 heavy (non-hydrogen) atoms. The molecule has 0 aromatic heterocycles. The molecule has 1 atom stereocenters. The van der Waals surface area contributed by atoms with E-state index in [0.29, 0.717) is 24.7 Å². The highest BCUT2D eigenvalue weighted by molar-refractivity contribution is 7.89. The molecule has 8 heteroatoms. The first-order valence-electron chi connectivity index (χ1n) is 9.43. The molecule has 0 saturated carbocycles. The maximum absolute atomic E-state index is 12.9. The van der Waals surface area contributed by atoms with Crippen LogP contribution >= 0.6 is 0 Å². The second kappa shape index (κ2) is 7.92. The van der Waals surface area contributed by atoms with Crippen molar-refractivity contribution in [3.63, 3.8) is 0 Å². The van der Waals surface area contributed by atoms with Crippen LogP contribution in [0.1, 0.15) is 45.4 Å². The molecule has 0 amide bonds. The van der Waals surface area contributed by atoms with E-state index in [0.717, 1.165) is 51.6 Å². The molecule has 2 aliphatic rings. The van der Waals surface area contributed by atoms with Gasteiger partial charge in [0.25, 0.3) is 5.69 Å². The Kier molecular flexibility index (Phi) is 5.82. The van der Waals surface area contributed by atoms with Crippen molar-refractivity contribution in [2.75, 3.05) is 31.1 Å². The molecule has 144 valence electrons. The second-order valence-electron chi connectivity index (χ2n) is 7.42. The highest BCUT2D eigenvalue weighted by Crippen LogP contribution is 2.34. The highest BCUT2D eigenvalue weighted by Gasteiger charge is 2.30. The molecule has 0 bridgehead atoms. The van der Waals surface area contributed by atoms with E-state index in [1.54, 1.807) is 6.07 Å². The average molecular weight is 381 g/mol. The number of benzene rings is 1. The number of hydrogen-bond donors (Lipinski definition) is 0. The van der Waals surface area contributed by atoms with E-state index < -0.39 is 14.9 Å². The Morgan fingerprint density at radius 1 is 1.08 bits per heavy atom. The summed E-state index contributed by atoms with van der Waals surface area (Å²) < 4.78 is 27.4. The Hall–Kier alpha value is -1.67. The van der Waals surface area contributed by atoms with Gasteiger partial charge in [-0.2, -0.15) is 4.31 Å². The molecule has 0 spiro atoms. The topological polar surface area (TPSA) is 83.8 Å². The third kappa shape index (κ3) is 4.01. The third-order valence-corrected chi connectivity index (χ3v) is 7.24. The smallest absolute Gasteiger partial charge is 0.293 e. The lowest BCUT2D eigenvalue weighted by molar-refractivity contribution is -0.384. The predicted octanol–water partition coefficient (Wildman–Crippen LogP) is 3.40. The van der Waals surface area contributed by atoms with Gasteiger partial charge >= 0.3 is 0 Å². The molecule has 0 N–H and O–H groups in total. The van der Waals surface area contributed by atoms with E-state index in [2.05, 4.69) is 6.92 Å². The van der Waals surface area contributed by atoms with E-state index in [1.165, 1.54) is 16.4 Å². The minimum atomic E-state index is -3.69. The number of piperidine rings is 1. The van der Waals surface area contributed by atoms with E-state index in [1.807, 2.05) is 4.90 Å². The SMILES string of the molecule is CC1CCCN(c2ccc(S(=O)(=O)N3CCCCCC3)cc2[N+](=O)[O-])C1. The Morgan fingerprint density at radius 2 is 1.77 bits per heavy atom. The zero-order valence-corrected chi connectivity index (χ0v) is 16.1. The van der Waals surface area contributed by atoms with Crippen LogP contribution in [0.25, 0.3) is 0 Å². The molecule has 1 aromatic carbocycles. The van der Waals surface area contributed by atoms with E-state index in [4.69, 9.17) is 0 Å². The first-order chi connectivity index (χ1) is 12.4. The Labute approximate surface area is 155 Å². The van der Waals surface area contributed by atoms with Crippen LogP contribution in [0.2, 0.25) is 0 Å². The van der Waals surface area contributed by atoms with Crippen LogP contribution in [-0.4, -0.2) is 43.8 Å². The summed E-state index contributed by atoms with van der Waals surface area (Å²) in [5.74, 6) is 0.476. The average Bonchev–Trinajstić information content (AvgIpc) is 2.91. The summed E-state index contributed by atoms with van der Waals surface area (Å²) in [6.45, 7) is 4.64. The Bertz CT molecular complexity index is 758. The molecular formula is C18H27N3O4S. The third-order valence-electron chi connectivity index (χ3n) is 5.34. The fraction of sp³-hybridized carbons (Fsp3) is 0.667. The van der Waals surface area contributed by atoms with Crippen molar-refractivity contribution >= 4 is 21.4 Å². The van der Waals surface area contributed by atoms with Crippen molar-refractivity contribution in [1.82, 2.24) is 4.31 Å². The van der Waals surface area contributed by atoms with Crippen LogP contribution in [0.3, 0.4) is 0 Å². The lowest BCUT2D eigenvalue weighted by Crippen LogP contribution is -2.35. The minimum absolute atomic E-state index is 0.0277. The molecule has 2 fully saturated rings. The maximum Gasteiger partial charge on any atom is 0.293 e. The van der Waals surface area contributed by atoms with E-state index in [9.17, 15) is 18.5 Å². The lowest BCUT2D eigenvalue weighted by atomic mass is 9.99. The molecule has 0 aliphatic carbocycles. The van der Waals surface area contributed by atoms with Gasteiger partial charge in [0.1, 0.15) is 5.69 Å². The normalized spacial score (nSPS) is 22.8. The van der Waals surface area contributed by atoms with E-state index >= 15 is 0 Å². The fourth-order valence-electron chi connectivity index (χ4n) is 3.92. The molecule has 2 aliphatic heterocycles. The molecule has 1 unspecified atom stereocenters. The fourth-order valence-corrected chi connectivity index (χ4v) is 5.45. The van der Waals surface area contributed by atoms with Crippen LogP contribution in [-0.2, 0) is 10.0 Å². The van der Waals surface area contributed by atoms with Gasteiger partial charge in [0, 0.05) is 32.2 Å². The quantitative estimate of drug-likeness (QED) is 0.589. The molecule has 1 aromatic rings. The number of nitro benzene ring substituents is 1. The lowest BCUT2D eigenvalue weighted by Gasteiger charge is -2.32. The molecule has 7 nitrogen and oxygen atoms in total. The van der Waals surface area contributed by atoms with Crippen molar-refractivity contribution < 1.29 is 13.3 Å². The summed E-state index contributed by atoms with van der Waals surface area (Å²) in [6, 6.07) is 4.39. The number of anilines is 1. The zero-order chi connectivity index (χ0) is 18.7. The molecule has 3 rings (SSSR count). The zero-order valence-electron chi connectivity index (χ0n) is 15.3. The van der Waals surface area contributed by atoms with Crippen LogP contribution in [0.15, 0.2) is 23.1 Å². The van der Waals surface area contributed by atoms with Crippen molar-refractivity contribution in [3.8, 4) is 0 Å². The van der Waals surface area contributed by atoms with Gasteiger partial charge in [-0.1, -0.05) is 19.8 Å². The largest absolute Gasteiger partial charge is 0.366 e. The Balaban J connectivity index is 1.94. The summed E-state index contributed by atoms with van der Waals surface area (Å²) in [4.78, 5) is 13.2. The van der Waals surface area contributed by atoms with Crippen LogP contribution < -0.4 is 4.90 Å². The minimum Gasteiger partial charge on any atom is -0.366 e. The second-order valence-corrected chi connectivity index (χ2v) is 9.36. The molecule has 0 radical (unpaired) electrons. The van der Waals surface area contributed by atoms with Crippen LogP contribution in [0, 0.1) is 16.0 Å². The van der Waals surface area contributed by atoms with Gasteiger partial charge in [-0.15, -0.1) is 0 Å². The first kappa shape index (κ1) is 19.1. The monoisotopic (exact) mass is 381 g/mol. The number of sulfonamides is 1. The molecule has 2 heterocycles. The predicted molar refractivity (Wildman–Crippen MR) is 101 cm³/mol. The Morgan fingerprint density at radius 3 is 2.38 bits per heavy atom. The number of nitro groups is 1. The van der Waals surface area contributed by atoms with Crippen LogP contribution in [0.5, 0.6) is 0 Å². The van der Waals surface area contributed by atoms with Crippen molar-refractivity contribution in [2.45, 2.75) is 50.3 Å². The molecular weight excluding hydrogens is 354 g/mol. The van der Waals surface area contributed by atoms with Gasteiger partial charge in [0.2, 0.25) is 10.0 Å². The van der Waals surface area contributed by atoms with Gasteiger partial charge in [-0.3, -0.25) is 10.1 Å². The van der Waals surface area contributed by atoms with Crippen molar-refractivity contribution in [3.05, 3.63) is 28.3 Å². The summed E-state index contributed by atoms with van der Waals surface area (Å²) in [7, 11) is -3.69. The summed E-state index contributed by atoms with van der Waals surface area (Å²) in [6.07, 6.45) is 5.84. The maximum atomic E-state index is 12.9. The van der Waals surface area contributed by atoms with Gasteiger partial charge in [0.05, 0.1) is 9.82 Å². The van der Waals surface area contributed by atoms with Gasteiger partial charge in [-0.25, -0.2) is 8.42 Å². The number of hydrogen-bond acceptors (Lipinski definition) is 5. The van der Waals surface area contributed by atoms with Gasteiger partial charge < -0.3 is 4.90 Å². The summed E-state index contributed by atoms with van der Waals surface area (Å²) >= 11 is 0. The number of rotatable bonds is 4. The van der Waals surface area contributed by atoms with Crippen molar-refractivity contribution in [2.24, 2.45) is 5.92 Å². The van der Waals surface area contributed by atoms with Crippen molar-refractivity contribution in [1.29, 1.82) is 0 Å². The van der Waals surface area contributed by atoms with Gasteiger partial charge in [0.15, 0.2) is 0 Å².